The van der Waals surface area contributed by atoms with E-state index in [-0.39, 0.29) is 41.3 Å². The van der Waals surface area contributed by atoms with Crippen molar-refractivity contribution in [2.75, 3.05) is 6.61 Å². The van der Waals surface area contributed by atoms with E-state index in [4.69, 9.17) is 18.9 Å². The number of carbonyl (C=O) groups is 2. The van der Waals surface area contributed by atoms with Crippen molar-refractivity contribution in [2.45, 2.75) is 90.0 Å². The first-order valence-corrected chi connectivity index (χ1v) is 16.6. The van der Waals surface area contributed by atoms with Gasteiger partial charge in [-0.15, -0.1) is 0 Å². The highest BCUT2D eigenvalue weighted by Gasteiger charge is 2.75. The summed E-state index contributed by atoms with van der Waals surface area (Å²) in [6.45, 7) is 6.71. The molecule has 0 bridgehead atoms. The summed E-state index contributed by atoms with van der Waals surface area (Å²) in [5.74, 6) is 1.47. The van der Waals surface area contributed by atoms with Crippen LogP contribution in [0.3, 0.4) is 0 Å². The van der Waals surface area contributed by atoms with Crippen LogP contribution in [0.4, 0.5) is 0 Å². The second kappa shape index (κ2) is 11.5. The van der Waals surface area contributed by atoms with E-state index in [1.807, 2.05) is 60.7 Å². The first-order valence-electron chi connectivity index (χ1n) is 16.6. The monoisotopic (exact) mass is 612 g/mol. The van der Waals surface area contributed by atoms with Gasteiger partial charge in [0.05, 0.1) is 12.2 Å². The number of ketones is 2. The number of fused-ring (bicyclic) bond motifs is 7. The van der Waals surface area contributed by atoms with Crippen molar-refractivity contribution in [2.24, 2.45) is 28.6 Å². The molecule has 1 N–H and O–H groups in total. The number of benzene rings is 2. The molecule has 7 nitrogen and oxygen atoms in total. The van der Waals surface area contributed by atoms with Crippen LogP contribution in [0.1, 0.15) is 64.9 Å². The number of rotatable bonds is 9. The zero-order valence-electron chi connectivity index (χ0n) is 26.4. The lowest BCUT2D eigenvalue weighted by molar-refractivity contribution is -0.200. The second-order valence-electron chi connectivity index (χ2n) is 14.1. The van der Waals surface area contributed by atoms with Crippen LogP contribution in [0.25, 0.3) is 0 Å². The molecule has 4 fully saturated rings. The lowest BCUT2D eigenvalue weighted by Crippen LogP contribution is -2.63. The summed E-state index contributed by atoms with van der Waals surface area (Å²) in [7, 11) is 0. The molecule has 3 saturated carbocycles. The highest BCUT2D eigenvalue weighted by Crippen LogP contribution is 2.69. The molecule has 45 heavy (non-hydrogen) atoms. The maximum atomic E-state index is 14.5. The van der Waals surface area contributed by atoms with Crippen LogP contribution in [0.5, 0.6) is 11.5 Å². The Morgan fingerprint density at radius 2 is 1.78 bits per heavy atom. The summed E-state index contributed by atoms with van der Waals surface area (Å²) in [5.41, 5.74) is 0.00584. The average Bonchev–Trinajstić information content (AvgIpc) is 3.52. The van der Waals surface area contributed by atoms with Crippen molar-refractivity contribution >= 4 is 11.6 Å². The number of ether oxygens (including phenoxy) is 4. The highest BCUT2D eigenvalue weighted by molar-refractivity contribution is 6.01. The summed E-state index contributed by atoms with van der Waals surface area (Å²) in [6.07, 6.45) is 8.35. The molecule has 2 aromatic rings. The van der Waals surface area contributed by atoms with E-state index in [0.29, 0.717) is 31.6 Å². The molecule has 6 unspecified atom stereocenters. The van der Waals surface area contributed by atoms with E-state index in [9.17, 15) is 14.7 Å². The summed E-state index contributed by atoms with van der Waals surface area (Å²) in [4.78, 5) is 26.7. The third-order valence-corrected chi connectivity index (χ3v) is 11.7. The van der Waals surface area contributed by atoms with Gasteiger partial charge in [0.25, 0.3) is 0 Å². The van der Waals surface area contributed by atoms with Gasteiger partial charge in [0, 0.05) is 16.7 Å². The summed E-state index contributed by atoms with van der Waals surface area (Å²) < 4.78 is 25.3. The van der Waals surface area contributed by atoms with Crippen molar-refractivity contribution in [3.05, 3.63) is 84.0 Å². The number of Topliss-reactive ketones (excluding diaryl/α,β-unsaturated/α-hetero) is 1. The minimum absolute atomic E-state index is 0.0223. The summed E-state index contributed by atoms with van der Waals surface area (Å²) >= 11 is 0. The van der Waals surface area contributed by atoms with Gasteiger partial charge in [0.1, 0.15) is 24.7 Å². The molecule has 0 aromatic heterocycles. The predicted octanol–water partition coefficient (Wildman–Crippen LogP) is 6.38. The van der Waals surface area contributed by atoms with Crippen LogP contribution in [0, 0.1) is 28.6 Å². The normalized spacial score (nSPS) is 38.0. The molecule has 0 radical (unpaired) electrons. The van der Waals surface area contributed by atoms with Crippen molar-refractivity contribution in [1.29, 1.82) is 0 Å². The molecule has 1 saturated heterocycles. The maximum Gasteiger partial charge on any atom is 0.205 e. The van der Waals surface area contributed by atoms with Gasteiger partial charge in [0.2, 0.25) is 5.78 Å². The Bertz CT molecular complexity index is 1500. The van der Waals surface area contributed by atoms with Gasteiger partial charge in [-0.25, -0.2) is 0 Å². The fourth-order valence-electron chi connectivity index (χ4n) is 9.63. The first-order chi connectivity index (χ1) is 21.7. The van der Waals surface area contributed by atoms with Crippen LogP contribution in [0.15, 0.2) is 78.4 Å². The minimum Gasteiger partial charge on any atom is -0.489 e. The van der Waals surface area contributed by atoms with Crippen molar-refractivity contribution in [3.8, 4) is 11.5 Å². The molecule has 1 heterocycles. The molecule has 0 amide bonds. The Balaban J connectivity index is 1.11. The van der Waals surface area contributed by atoms with Gasteiger partial charge >= 0.3 is 0 Å². The molecule has 0 spiro atoms. The largest absolute Gasteiger partial charge is 0.489 e. The number of aliphatic hydroxyl groups excluding tert-OH is 1. The topological polar surface area (TPSA) is 91.3 Å². The Labute approximate surface area is 265 Å². The lowest BCUT2D eigenvalue weighted by Gasteiger charge is -2.59. The van der Waals surface area contributed by atoms with Gasteiger partial charge in [-0.2, -0.15) is 0 Å². The quantitative estimate of drug-likeness (QED) is 0.351. The molecule has 2 aromatic carbocycles. The van der Waals surface area contributed by atoms with Gasteiger partial charge < -0.3 is 24.1 Å². The zero-order chi connectivity index (χ0) is 31.4. The summed E-state index contributed by atoms with van der Waals surface area (Å²) in [5, 5.41) is 11.9. The Morgan fingerprint density at radius 3 is 2.51 bits per heavy atom. The van der Waals surface area contributed by atoms with E-state index in [1.54, 1.807) is 12.2 Å². The number of allylic oxidation sites excluding steroid dienone is 4. The van der Waals surface area contributed by atoms with Gasteiger partial charge in [-0.1, -0.05) is 69.2 Å². The Morgan fingerprint density at radius 1 is 1.04 bits per heavy atom. The molecular weight excluding hydrogens is 568 g/mol. The molecule has 1 aliphatic heterocycles. The number of carbonyl (C=O) groups excluding carboxylic acids is 2. The Hall–Kier alpha value is -3.26. The molecule has 7 rings (SSSR count). The third kappa shape index (κ3) is 4.90. The van der Waals surface area contributed by atoms with Crippen molar-refractivity contribution in [1.82, 2.24) is 0 Å². The second-order valence-corrected chi connectivity index (χ2v) is 14.1. The van der Waals surface area contributed by atoms with E-state index in [0.717, 1.165) is 36.1 Å². The van der Waals surface area contributed by atoms with Gasteiger partial charge in [0.15, 0.2) is 17.7 Å². The maximum absolute atomic E-state index is 14.5. The molecule has 5 aliphatic rings. The predicted molar refractivity (Wildman–Crippen MR) is 168 cm³/mol. The third-order valence-electron chi connectivity index (χ3n) is 11.7. The van der Waals surface area contributed by atoms with Gasteiger partial charge in [-0.3, -0.25) is 9.59 Å². The number of hydrogen-bond donors (Lipinski definition) is 1. The SMILES string of the molecule is CCCC1O[C@@H]2CC3C4CCC5=CC(=O)C=CC5(C)C4[C@@H](O)CC3(C)[C@]2(C(=O)COc2ccc(OCc3ccccc3)cc2)O1. The number of hydrogen-bond acceptors (Lipinski definition) is 7. The standard InChI is InChI=1S/C38H44O7/c1-4-8-34-44-33-20-30-29-16-11-25-19-26(39)17-18-36(25,2)35(29)31(40)21-37(30,3)38(33,45-34)32(41)23-43-28-14-12-27(13-15-28)42-22-24-9-6-5-7-10-24/h5-7,9-10,12-15,17-19,29-31,33-35,40H,4,8,11,16,20-23H2,1-3H3/t29?,30?,31-,33+,34?,35?,36?,37?,38+/m0/s1. The van der Waals surface area contributed by atoms with E-state index >= 15 is 0 Å². The van der Waals surface area contributed by atoms with Crippen LogP contribution in [0.2, 0.25) is 0 Å². The number of aliphatic hydroxyl groups is 1. The zero-order valence-corrected chi connectivity index (χ0v) is 26.4. The minimum atomic E-state index is -1.20. The van der Waals surface area contributed by atoms with E-state index in [2.05, 4.69) is 20.8 Å². The molecular formula is C38H44O7. The molecule has 238 valence electrons. The van der Waals surface area contributed by atoms with Crippen molar-refractivity contribution in [3.63, 3.8) is 0 Å². The van der Waals surface area contributed by atoms with Crippen LogP contribution in [-0.2, 0) is 25.7 Å². The molecule has 4 aliphatic carbocycles. The lowest BCUT2D eigenvalue weighted by atomic mass is 9.46. The fraction of sp³-hybridized carbons (Fsp3) is 0.526. The van der Waals surface area contributed by atoms with Crippen molar-refractivity contribution < 1.29 is 33.6 Å². The van der Waals surface area contributed by atoms with Crippen LogP contribution in [-0.4, -0.2) is 47.4 Å². The van der Waals surface area contributed by atoms with E-state index < -0.39 is 29.5 Å². The summed E-state index contributed by atoms with van der Waals surface area (Å²) in [6, 6.07) is 17.3. The van der Waals surface area contributed by atoms with Crippen LogP contribution < -0.4 is 9.47 Å². The average molecular weight is 613 g/mol. The van der Waals surface area contributed by atoms with E-state index in [1.165, 1.54) is 0 Å². The van der Waals surface area contributed by atoms with Crippen LogP contribution >= 0.6 is 0 Å². The molecule has 7 heteroatoms. The fourth-order valence-corrected chi connectivity index (χ4v) is 9.63. The Kier molecular flexibility index (Phi) is 7.78. The first kappa shape index (κ1) is 30.4. The highest BCUT2D eigenvalue weighted by atomic mass is 16.7. The van der Waals surface area contributed by atoms with Gasteiger partial charge in [-0.05, 0) is 85.9 Å². The molecule has 9 atom stereocenters. The smallest absolute Gasteiger partial charge is 0.205 e.